The second kappa shape index (κ2) is 10.1. The number of nitro groups is 1. The van der Waals surface area contributed by atoms with Gasteiger partial charge in [0.1, 0.15) is 12.4 Å². The van der Waals surface area contributed by atoms with Gasteiger partial charge in [-0.15, -0.1) is 0 Å². The topological polar surface area (TPSA) is 61.6 Å². The van der Waals surface area contributed by atoms with Crippen molar-refractivity contribution in [2.45, 2.75) is 59.0 Å². The second-order valence-corrected chi connectivity index (χ2v) is 6.20. The van der Waals surface area contributed by atoms with E-state index in [0.717, 1.165) is 32.3 Å². The number of ether oxygens (including phenoxy) is 2. The van der Waals surface area contributed by atoms with Gasteiger partial charge < -0.3 is 9.47 Å². The summed E-state index contributed by atoms with van der Waals surface area (Å²) in [5, 5.41) is 10.6. The molecule has 0 spiro atoms. The van der Waals surface area contributed by atoms with Crippen molar-refractivity contribution in [2.75, 3.05) is 13.2 Å². The van der Waals surface area contributed by atoms with E-state index in [1.807, 2.05) is 6.92 Å². The molecule has 0 fully saturated rings. The zero-order valence-electron chi connectivity index (χ0n) is 15.2. The Morgan fingerprint density at radius 2 is 1.96 bits per heavy atom. The van der Waals surface area contributed by atoms with E-state index in [1.54, 1.807) is 12.1 Å². The molecule has 24 heavy (non-hydrogen) atoms. The molecule has 0 aliphatic heterocycles. The van der Waals surface area contributed by atoms with Crippen LogP contribution in [0.1, 0.15) is 53.4 Å². The maximum atomic E-state index is 10.6. The highest BCUT2D eigenvalue weighted by molar-refractivity contribution is 5.36. The van der Waals surface area contributed by atoms with Gasteiger partial charge in [0.2, 0.25) is 0 Å². The van der Waals surface area contributed by atoms with E-state index in [4.69, 9.17) is 9.47 Å². The minimum absolute atomic E-state index is 0.0235. The Balaban J connectivity index is 2.35. The van der Waals surface area contributed by atoms with E-state index in [9.17, 15) is 10.1 Å². The van der Waals surface area contributed by atoms with Crippen LogP contribution in [-0.2, 0) is 4.74 Å². The van der Waals surface area contributed by atoms with Crippen molar-refractivity contribution in [1.82, 2.24) is 0 Å². The summed E-state index contributed by atoms with van der Waals surface area (Å²) in [5.41, 5.74) is 1.33. The summed E-state index contributed by atoms with van der Waals surface area (Å²) in [7, 11) is 0. The molecule has 0 radical (unpaired) electrons. The number of hydrogen-bond acceptors (Lipinski definition) is 4. The lowest BCUT2D eigenvalue weighted by Gasteiger charge is -2.28. The Labute approximate surface area is 144 Å². The standard InChI is InChI=1S/C19H29NO4/c1-5-19(4,24-6-2)14-7-8-16(3)13-15-23-18-11-9-17(10-12-18)20(21)22/h9-13H,5-8,14-15H2,1-4H3/b16-13+. The molecule has 1 aromatic carbocycles. The zero-order chi connectivity index (χ0) is 18.0. The van der Waals surface area contributed by atoms with Gasteiger partial charge in [0.25, 0.3) is 5.69 Å². The molecule has 0 aromatic heterocycles. The van der Waals surface area contributed by atoms with Crippen molar-refractivity contribution in [3.05, 3.63) is 46.0 Å². The van der Waals surface area contributed by atoms with E-state index in [1.165, 1.54) is 17.7 Å². The minimum Gasteiger partial charge on any atom is -0.490 e. The van der Waals surface area contributed by atoms with Crippen LogP contribution in [0.3, 0.4) is 0 Å². The van der Waals surface area contributed by atoms with Gasteiger partial charge in [0.15, 0.2) is 0 Å². The molecule has 134 valence electrons. The summed E-state index contributed by atoms with van der Waals surface area (Å²) in [6.07, 6.45) is 6.24. The normalized spacial score (nSPS) is 14.2. The molecule has 0 aliphatic rings. The molecule has 0 bridgehead atoms. The summed E-state index contributed by atoms with van der Waals surface area (Å²) in [5.74, 6) is 0.638. The van der Waals surface area contributed by atoms with Crippen LogP contribution in [0.15, 0.2) is 35.9 Å². The molecule has 1 unspecified atom stereocenters. The Morgan fingerprint density at radius 3 is 2.50 bits per heavy atom. The highest BCUT2D eigenvalue weighted by atomic mass is 16.6. The summed E-state index contributed by atoms with van der Waals surface area (Å²) in [6.45, 7) is 9.70. The van der Waals surface area contributed by atoms with Gasteiger partial charge >= 0.3 is 0 Å². The van der Waals surface area contributed by atoms with Crippen LogP contribution in [-0.4, -0.2) is 23.7 Å². The van der Waals surface area contributed by atoms with Crippen LogP contribution in [0.2, 0.25) is 0 Å². The van der Waals surface area contributed by atoms with Gasteiger partial charge in [-0.05, 0) is 64.7 Å². The quantitative estimate of drug-likeness (QED) is 0.313. The predicted octanol–water partition coefficient (Wildman–Crippen LogP) is 5.30. The lowest BCUT2D eigenvalue weighted by molar-refractivity contribution is -0.384. The Kier molecular flexibility index (Phi) is 8.47. The first-order chi connectivity index (χ1) is 11.4. The molecule has 0 saturated heterocycles. The lowest BCUT2D eigenvalue weighted by Crippen LogP contribution is -2.27. The van der Waals surface area contributed by atoms with Crippen molar-refractivity contribution in [2.24, 2.45) is 0 Å². The van der Waals surface area contributed by atoms with Gasteiger partial charge in [-0.3, -0.25) is 10.1 Å². The van der Waals surface area contributed by atoms with Gasteiger partial charge in [-0.1, -0.05) is 12.5 Å². The predicted molar refractivity (Wildman–Crippen MR) is 96.5 cm³/mol. The third kappa shape index (κ3) is 7.13. The fourth-order valence-corrected chi connectivity index (χ4v) is 2.49. The van der Waals surface area contributed by atoms with E-state index in [2.05, 4.69) is 26.8 Å². The highest BCUT2D eigenvalue weighted by Gasteiger charge is 2.21. The fourth-order valence-electron chi connectivity index (χ4n) is 2.49. The molecule has 0 heterocycles. The maximum Gasteiger partial charge on any atom is 0.269 e. The Hall–Kier alpha value is -1.88. The molecule has 0 aliphatic carbocycles. The molecule has 0 N–H and O–H groups in total. The smallest absolute Gasteiger partial charge is 0.269 e. The van der Waals surface area contributed by atoms with Crippen molar-refractivity contribution in [3.63, 3.8) is 0 Å². The molecule has 1 aromatic rings. The van der Waals surface area contributed by atoms with Crippen LogP contribution >= 0.6 is 0 Å². The molecule has 5 heteroatoms. The van der Waals surface area contributed by atoms with Crippen LogP contribution < -0.4 is 4.74 Å². The van der Waals surface area contributed by atoms with Gasteiger partial charge in [-0.25, -0.2) is 0 Å². The van der Waals surface area contributed by atoms with E-state index >= 15 is 0 Å². The van der Waals surface area contributed by atoms with Crippen LogP contribution in [0.25, 0.3) is 0 Å². The number of benzene rings is 1. The van der Waals surface area contributed by atoms with E-state index in [-0.39, 0.29) is 11.3 Å². The molecule has 1 atom stereocenters. The number of rotatable bonds is 11. The first-order valence-electron chi connectivity index (χ1n) is 8.57. The summed E-state index contributed by atoms with van der Waals surface area (Å²) in [6, 6.07) is 6.14. The van der Waals surface area contributed by atoms with Gasteiger partial charge in [0.05, 0.1) is 10.5 Å². The summed E-state index contributed by atoms with van der Waals surface area (Å²) < 4.78 is 11.4. The lowest BCUT2D eigenvalue weighted by atomic mass is 9.94. The van der Waals surface area contributed by atoms with Crippen LogP contribution in [0.5, 0.6) is 5.75 Å². The fraction of sp³-hybridized carbons (Fsp3) is 0.579. The van der Waals surface area contributed by atoms with E-state index < -0.39 is 4.92 Å². The number of nitrogens with zero attached hydrogens (tertiary/aromatic N) is 1. The summed E-state index contributed by atoms with van der Waals surface area (Å²) in [4.78, 5) is 10.2. The van der Waals surface area contributed by atoms with Crippen molar-refractivity contribution in [1.29, 1.82) is 0 Å². The molecular formula is C19H29NO4. The van der Waals surface area contributed by atoms with Crippen molar-refractivity contribution >= 4 is 5.69 Å². The minimum atomic E-state index is -0.417. The van der Waals surface area contributed by atoms with Crippen LogP contribution in [0.4, 0.5) is 5.69 Å². The number of non-ortho nitro benzene ring substituents is 1. The number of hydrogen-bond donors (Lipinski definition) is 0. The number of allylic oxidation sites excluding steroid dienone is 1. The monoisotopic (exact) mass is 335 g/mol. The van der Waals surface area contributed by atoms with Crippen molar-refractivity contribution < 1.29 is 14.4 Å². The molecule has 0 amide bonds. The average molecular weight is 335 g/mol. The second-order valence-electron chi connectivity index (χ2n) is 6.20. The van der Waals surface area contributed by atoms with Crippen LogP contribution in [0, 0.1) is 10.1 Å². The molecular weight excluding hydrogens is 306 g/mol. The van der Waals surface area contributed by atoms with Gasteiger partial charge in [0, 0.05) is 18.7 Å². The summed E-state index contributed by atoms with van der Waals surface area (Å²) >= 11 is 0. The first-order valence-corrected chi connectivity index (χ1v) is 8.57. The molecule has 5 nitrogen and oxygen atoms in total. The first kappa shape index (κ1) is 20.2. The zero-order valence-corrected chi connectivity index (χ0v) is 15.2. The SMILES string of the molecule is CCOC(C)(CC)CCC/C(C)=C/COc1ccc([N+](=O)[O-])cc1. The highest BCUT2D eigenvalue weighted by Crippen LogP contribution is 2.24. The Bertz CT molecular complexity index is 539. The third-order valence-electron chi connectivity index (χ3n) is 4.25. The maximum absolute atomic E-state index is 10.6. The average Bonchev–Trinajstić information content (AvgIpc) is 2.55. The third-order valence-corrected chi connectivity index (χ3v) is 4.25. The van der Waals surface area contributed by atoms with Gasteiger partial charge in [-0.2, -0.15) is 0 Å². The largest absolute Gasteiger partial charge is 0.490 e. The van der Waals surface area contributed by atoms with E-state index in [0.29, 0.717) is 12.4 Å². The Morgan fingerprint density at radius 1 is 1.29 bits per heavy atom. The number of nitro benzene ring substituents is 1. The molecule has 1 rings (SSSR count). The van der Waals surface area contributed by atoms with Crippen molar-refractivity contribution in [3.8, 4) is 5.75 Å². The molecule has 0 saturated carbocycles.